The van der Waals surface area contributed by atoms with Gasteiger partial charge in [-0.25, -0.2) is 13.1 Å². The van der Waals surface area contributed by atoms with E-state index in [0.29, 0.717) is 12.3 Å². The van der Waals surface area contributed by atoms with Crippen LogP contribution in [0, 0.1) is 5.92 Å². The molecule has 0 aromatic heterocycles. The number of nitrogens with one attached hydrogen (secondary N) is 1. The standard InChI is InChI=1S/C9H21NO3S/c1-7(2)5-9(6-11)10-14(12,13)8(3)4/h7-11H,5-6H2,1-4H3/t9-/m1/s1. The molecular weight excluding hydrogens is 202 g/mol. The lowest BCUT2D eigenvalue weighted by molar-refractivity contribution is 0.239. The Labute approximate surface area is 86.8 Å². The zero-order valence-electron chi connectivity index (χ0n) is 9.32. The van der Waals surface area contributed by atoms with Gasteiger partial charge >= 0.3 is 0 Å². The van der Waals surface area contributed by atoms with Crippen molar-refractivity contribution in [1.29, 1.82) is 0 Å². The summed E-state index contributed by atoms with van der Waals surface area (Å²) in [6.07, 6.45) is 0.655. The minimum Gasteiger partial charge on any atom is -0.395 e. The Bertz CT molecular complexity index is 247. The van der Waals surface area contributed by atoms with Gasteiger partial charge in [0.05, 0.1) is 11.9 Å². The van der Waals surface area contributed by atoms with Crippen LogP contribution < -0.4 is 4.72 Å². The Morgan fingerprint density at radius 2 is 1.71 bits per heavy atom. The molecule has 4 nitrogen and oxygen atoms in total. The summed E-state index contributed by atoms with van der Waals surface area (Å²) >= 11 is 0. The highest BCUT2D eigenvalue weighted by molar-refractivity contribution is 7.90. The van der Waals surface area contributed by atoms with Crippen LogP contribution in [0.1, 0.15) is 34.1 Å². The van der Waals surface area contributed by atoms with Crippen LogP contribution in [0.25, 0.3) is 0 Å². The van der Waals surface area contributed by atoms with E-state index in [-0.39, 0.29) is 12.6 Å². The van der Waals surface area contributed by atoms with Gasteiger partial charge in [0.15, 0.2) is 0 Å². The van der Waals surface area contributed by atoms with Gasteiger partial charge in [-0.1, -0.05) is 13.8 Å². The van der Waals surface area contributed by atoms with E-state index in [2.05, 4.69) is 4.72 Å². The van der Waals surface area contributed by atoms with Crippen molar-refractivity contribution in [2.45, 2.75) is 45.4 Å². The fraction of sp³-hybridized carbons (Fsp3) is 1.00. The second-order valence-electron chi connectivity index (χ2n) is 4.22. The van der Waals surface area contributed by atoms with Crippen molar-refractivity contribution in [1.82, 2.24) is 4.72 Å². The molecule has 14 heavy (non-hydrogen) atoms. The Morgan fingerprint density at radius 3 is 2.00 bits per heavy atom. The molecule has 1 atom stereocenters. The Balaban J connectivity index is 4.32. The van der Waals surface area contributed by atoms with Gasteiger partial charge < -0.3 is 5.11 Å². The third-order valence-electron chi connectivity index (χ3n) is 1.93. The maximum Gasteiger partial charge on any atom is 0.214 e. The minimum atomic E-state index is -3.27. The highest BCUT2D eigenvalue weighted by Gasteiger charge is 2.21. The number of aliphatic hydroxyl groups excluding tert-OH is 1. The second kappa shape index (κ2) is 5.68. The molecule has 0 unspecified atom stereocenters. The molecule has 0 aromatic carbocycles. The molecule has 0 radical (unpaired) electrons. The molecule has 0 rings (SSSR count). The summed E-state index contributed by atoms with van der Waals surface area (Å²) in [6.45, 7) is 7.07. The van der Waals surface area contributed by atoms with Crippen LogP contribution in [0.3, 0.4) is 0 Å². The lowest BCUT2D eigenvalue weighted by atomic mass is 10.1. The first-order valence-corrected chi connectivity index (χ1v) is 6.46. The molecule has 0 bridgehead atoms. The average molecular weight is 223 g/mol. The largest absolute Gasteiger partial charge is 0.395 e. The fourth-order valence-electron chi connectivity index (χ4n) is 1.10. The van der Waals surface area contributed by atoms with E-state index in [1.54, 1.807) is 13.8 Å². The van der Waals surface area contributed by atoms with Gasteiger partial charge in [0.25, 0.3) is 0 Å². The summed E-state index contributed by atoms with van der Waals surface area (Å²) in [5.74, 6) is 0.363. The zero-order valence-corrected chi connectivity index (χ0v) is 10.1. The average Bonchev–Trinajstić information content (AvgIpc) is 2.01. The van der Waals surface area contributed by atoms with Crippen molar-refractivity contribution in [2.24, 2.45) is 5.92 Å². The van der Waals surface area contributed by atoms with E-state index in [0.717, 1.165) is 0 Å². The summed E-state index contributed by atoms with van der Waals surface area (Å²) < 4.78 is 25.4. The summed E-state index contributed by atoms with van der Waals surface area (Å²) in [5.41, 5.74) is 0. The lowest BCUT2D eigenvalue weighted by Crippen LogP contribution is -2.41. The van der Waals surface area contributed by atoms with Crippen LogP contribution >= 0.6 is 0 Å². The predicted octanol–water partition coefficient (Wildman–Crippen LogP) is 0.721. The van der Waals surface area contributed by atoms with E-state index in [4.69, 9.17) is 5.11 Å². The highest BCUT2D eigenvalue weighted by Crippen LogP contribution is 2.07. The van der Waals surface area contributed by atoms with Gasteiger partial charge in [-0.2, -0.15) is 0 Å². The van der Waals surface area contributed by atoms with Gasteiger partial charge in [-0.3, -0.25) is 0 Å². The molecule has 5 heteroatoms. The minimum absolute atomic E-state index is 0.149. The molecule has 0 amide bonds. The van der Waals surface area contributed by atoms with Crippen LogP contribution in [0.2, 0.25) is 0 Å². The first-order valence-electron chi connectivity index (χ1n) is 4.91. The molecule has 0 fully saturated rings. The number of rotatable bonds is 6. The SMILES string of the molecule is CC(C)C[C@H](CO)NS(=O)(=O)C(C)C. The summed E-state index contributed by atoms with van der Waals surface area (Å²) in [5, 5.41) is 8.54. The van der Waals surface area contributed by atoms with Crippen molar-refractivity contribution in [3.05, 3.63) is 0 Å². The fourth-order valence-corrected chi connectivity index (χ4v) is 2.00. The van der Waals surface area contributed by atoms with Crippen molar-refractivity contribution >= 4 is 10.0 Å². The third kappa shape index (κ3) is 4.93. The van der Waals surface area contributed by atoms with Gasteiger partial charge in [-0.15, -0.1) is 0 Å². The summed E-state index contributed by atoms with van der Waals surface area (Å²) in [4.78, 5) is 0. The molecule has 0 saturated heterocycles. The molecule has 0 aliphatic heterocycles. The van der Waals surface area contributed by atoms with Crippen LogP contribution in [0.5, 0.6) is 0 Å². The van der Waals surface area contributed by atoms with Crippen LogP contribution in [-0.4, -0.2) is 31.4 Å². The summed E-state index contributed by atoms with van der Waals surface area (Å²) in [6, 6.07) is -0.359. The Hall–Kier alpha value is -0.130. The number of hydrogen-bond donors (Lipinski definition) is 2. The van der Waals surface area contributed by atoms with Crippen molar-refractivity contribution in [3.8, 4) is 0 Å². The first kappa shape index (κ1) is 13.9. The van der Waals surface area contributed by atoms with E-state index in [1.807, 2.05) is 13.8 Å². The Kier molecular flexibility index (Phi) is 5.63. The third-order valence-corrected chi connectivity index (χ3v) is 3.83. The second-order valence-corrected chi connectivity index (χ2v) is 6.49. The smallest absolute Gasteiger partial charge is 0.214 e. The Morgan fingerprint density at radius 1 is 1.21 bits per heavy atom. The maximum atomic E-state index is 11.5. The number of aliphatic hydroxyl groups is 1. The summed E-state index contributed by atoms with van der Waals surface area (Å²) in [7, 11) is -3.27. The van der Waals surface area contributed by atoms with E-state index >= 15 is 0 Å². The van der Waals surface area contributed by atoms with Gasteiger partial charge in [0, 0.05) is 6.04 Å². The topological polar surface area (TPSA) is 66.4 Å². The lowest BCUT2D eigenvalue weighted by Gasteiger charge is -2.19. The molecule has 86 valence electrons. The molecule has 0 saturated carbocycles. The van der Waals surface area contributed by atoms with Gasteiger partial charge in [0.2, 0.25) is 10.0 Å². The molecule has 0 aliphatic rings. The maximum absolute atomic E-state index is 11.5. The molecule has 0 aliphatic carbocycles. The quantitative estimate of drug-likeness (QED) is 0.697. The van der Waals surface area contributed by atoms with Crippen LogP contribution in [0.15, 0.2) is 0 Å². The number of hydrogen-bond acceptors (Lipinski definition) is 3. The monoisotopic (exact) mass is 223 g/mol. The van der Waals surface area contributed by atoms with E-state index in [9.17, 15) is 8.42 Å². The van der Waals surface area contributed by atoms with Crippen molar-refractivity contribution < 1.29 is 13.5 Å². The molecule has 2 N–H and O–H groups in total. The van der Waals surface area contributed by atoms with E-state index < -0.39 is 15.3 Å². The van der Waals surface area contributed by atoms with Crippen molar-refractivity contribution in [3.63, 3.8) is 0 Å². The number of sulfonamides is 1. The molecule has 0 heterocycles. The molecule has 0 spiro atoms. The van der Waals surface area contributed by atoms with Crippen LogP contribution in [0.4, 0.5) is 0 Å². The van der Waals surface area contributed by atoms with Crippen molar-refractivity contribution in [2.75, 3.05) is 6.61 Å². The highest BCUT2D eigenvalue weighted by atomic mass is 32.2. The van der Waals surface area contributed by atoms with Gasteiger partial charge in [-0.05, 0) is 26.2 Å². The van der Waals surface area contributed by atoms with E-state index in [1.165, 1.54) is 0 Å². The molecule has 0 aromatic rings. The zero-order chi connectivity index (χ0) is 11.4. The molecular formula is C9H21NO3S. The first-order chi connectivity index (χ1) is 6.29. The predicted molar refractivity (Wildman–Crippen MR) is 57.5 cm³/mol. The van der Waals surface area contributed by atoms with Crippen LogP contribution in [-0.2, 0) is 10.0 Å². The van der Waals surface area contributed by atoms with Gasteiger partial charge in [0.1, 0.15) is 0 Å². The normalized spacial score (nSPS) is 15.1.